The van der Waals surface area contributed by atoms with Gasteiger partial charge in [-0.2, -0.15) is 0 Å². The molecule has 1 amide bonds. The van der Waals surface area contributed by atoms with Gasteiger partial charge in [-0.1, -0.05) is 0 Å². The van der Waals surface area contributed by atoms with Gasteiger partial charge in [0.15, 0.2) is 0 Å². The van der Waals surface area contributed by atoms with E-state index >= 15 is 0 Å². The van der Waals surface area contributed by atoms with Gasteiger partial charge >= 0.3 is 0 Å². The topological polar surface area (TPSA) is 60.9 Å². The molecule has 0 aliphatic heterocycles. The summed E-state index contributed by atoms with van der Waals surface area (Å²) >= 11 is 6.13. The van der Waals surface area contributed by atoms with Crippen molar-refractivity contribution >= 4 is 28.5 Å². The Balaban J connectivity index is 2.62. The number of halogens is 2. The molecule has 0 saturated carbocycles. The Bertz CT molecular complexity index is 664. The number of nitrogens with zero attached hydrogens (tertiary/aromatic N) is 2. The Labute approximate surface area is 121 Å². The second-order valence-electron chi connectivity index (χ2n) is 5.55. The molecular weight excluding hydrogens is 281 g/mol. The lowest BCUT2D eigenvalue weighted by Crippen LogP contribution is -2.35. The van der Waals surface area contributed by atoms with Crippen molar-refractivity contribution in [1.82, 2.24) is 9.55 Å². The van der Waals surface area contributed by atoms with Crippen LogP contribution >= 0.6 is 11.6 Å². The van der Waals surface area contributed by atoms with E-state index in [1.165, 1.54) is 12.1 Å². The van der Waals surface area contributed by atoms with Crippen molar-refractivity contribution < 1.29 is 9.18 Å². The summed E-state index contributed by atoms with van der Waals surface area (Å²) < 4.78 is 15.2. The Morgan fingerprint density at radius 1 is 1.55 bits per heavy atom. The molecule has 1 heterocycles. The third-order valence-corrected chi connectivity index (χ3v) is 3.51. The van der Waals surface area contributed by atoms with Gasteiger partial charge in [-0.3, -0.25) is 4.79 Å². The number of nitrogens with two attached hydrogens (primary N) is 1. The molecule has 6 heteroatoms. The maximum absolute atomic E-state index is 13.5. The van der Waals surface area contributed by atoms with Crippen molar-refractivity contribution in [2.24, 2.45) is 11.1 Å². The van der Waals surface area contributed by atoms with Gasteiger partial charge in [-0.15, -0.1) is 11.6 Å². The number of hydrogen-bond acceptors (Lipinski definition) is 2. The summed E-state index contributed by atoms with van der Waals surface area (Å²) in [6.45, 7) is 5.56. The van der Waals surface area contributed by atoms with E-state index < -0.39 is 11.3 Å². The van der Waals surface area contributed by atoms with Gasteiger partial charge in [0.2, 0.25) is 5.91 Å². The first kappa shape index (κ1) is 14.8. The SMILES string of the molecule is CC(Cl)c1nc2ccc(F)cc2n1CC(C)(C)C(N)=O. The van der Waals surface area contributed by atoms with Gasteiger partial charge in [0.1, 0.15) is 11.6 Å². The van der Waals surface area contributed by atoms with Crippen molar-refractivity contribution in [2.75, 3.05) is 0 Å². The van der Waals surface area contributed by atoms with Gasteiger partial charge in [-0.05, 0) is 39.0 Å². The van der Waals surface area contributed by atoms with E-state index in [4.69, 9.17) is 17.3 Å². The van der Waals surface area contributed by atoms with Crippen molar-refractivity contribution in [2.45, 2.75) is 32.7 Å². The fourth-order valence-electron chi connectivity index (χ4n) is 2.06. The number of amides is 1. The minimum Gasteiger partial charge on any atom is -0.369 e. The summed E-state index contributed by atoms with van der Waals surface area (Å²) in [5.74, 6) is -0.185. The first-order valence-corrected chi connectivity index (χ1v) is 6.75. The zero-order chi connectivity index (χ0) is 15.1. The minimum absolute atomic E-state index is 0.300. The monoisotopic (exact) mass is 297 g/mol. The van der Waals surface area contributed by atoms with Crippen molar-refractivity contribution in [3.8, 4) is 0 Å². The summed E-state index contributed by atoms with van der Waals surface area (Å²) in [4.78, 5) is 15.9. The molecule has 20 heavy (non-hydrogen) atoms. The Morgan fingerprint density at radius 3 is 2.75 bits per heavy atom. The van der Waals surface area contributed by atoms with Gasteiger partial charge < -0.3 is 10.3 Å². The van der Waals surface area contributed by atoms with Gasteiger partial charge in [0.25, 0.3) is 0 Å². The fourth-order valence-corrected chi connectivity index (χ4v) is 2.22. The van der Waals surface area contributed by atoms with Crippen molar-refractivity contribution in [3.63, 3.8) is 0 Å². The molecule has 0 aliphatic carbocycles. The first-order valence-electron chi connectivity index (χ1n) is 6.32. The lowest BCUT2D eigenvalue weighted by Gasteiger charge is -2.23. The van der Waals surface area contributed by atoms with Gasteiger partial charge in [0.05, 0.1) is 21.8 Å². The third kappa shape index (κ3) is 2.63. The number of primary amides is 1. The Hall–Kier alpha value is -1.62. The van der Waals surface area contributed by atoms with Crippen LogP contribution < -0.4 is 5.73 Å². The number of rotatable bonds is 4. The van der Waals surface area contributed by atoms with Crippen LogP contribution in [0.1, 0.15) is 32.0 Å². The number of aromatic nitrogens is 2. The van der Waals surface area contributed by atoms with Crippen LogP contribution in [0.4, 0.5) is 4.39 Å². The lowest BCUT2D eigenvalue weighted by atomic mass is 9.92. The Morgan fingerprint density at radius 2 is 2.20 bits per heavy atom. The van der Waals surface area contributed by atoms with E-state index in [2.05, 4.69) is 4.98 Å². The summed E-state index contributed by atoms with van der Waals surface area (Å²) in [5.41, 5.74) is 5.89. The number of carbonyl (C=O) groups is 1. The summed E-state index contributed by atoms with van der Waals surface area (Å²) in [6.07, 6.45) is 0. The van der Waals surface area contributed by atoms with Crippen LogP contribution in [0, 0.1) is 11.2 Å². The molecule has 0 saturated heterocycles. The number of fused-ring (bicyclic) bond motifs is 1. The molecular formula is C14H17ClFN3O. The predicted molar refractivity (Wildman–Crippen MR) is 76.9 cm³/mol. The third-order valence-electron chi connectivity index (χ3n) is 3.32. The molecule has 4 nitrogen and oxygen atoms in total. The Kier molecular flexibility index (Phi) is 3.73. The van der Waals surface area contributed by atoms with E-state index in [1.54, 1.807) is 31.4 Å². The average molecular weight is 298 g/mol. The average Bonchev–Trinajstić information content (AvgIpc) is 2.67. The molecule has 0 radical (unpaired) electrons. The molecule has 0 spiro atoms. The van der Waals surface area contributed by atoms with Gasteiger partial charge in [0, 0.05) is 6.54 Å². The smallest absolute Gasteiger partial charge is 0.224 e. The molecule has 2 aromatic rings. The highest BCUT2D eigenvalue weighted by Crippen LogP contribution is 2.29. The number of benzene rings is 1. The van der Waals surface area contributed by atoms with Gasteiger partial charge in [-0.25, -0.2) is 9.37 Å². The molecule has 2 rings (SSSR count). The first-order chi connectivity index (χ1) is 9.22. The molecule has 2 N–H and O–H groups in total. The molecule has 1 aromatic heterocycles. The van der Waals surface area contributed by atoms with E-state index in [1.807, 2.05) is 0 Å². The zero-order valence-electron chi connectivity index (χ0n) is 11.7. The lowest BCUT2D eigenvalue weighted by molar-refractivity contribution is -0.126. The summed E-state index contributed by atoms with van der Waals surface area (Å²) in [5, 5.41) is -0.353. The largest absolute Gasteiger partial charge is 0.369 e. The number of alkyl halides is 1. The maximum Gasteiger partial charge on any atom is 0.224 e. The van der Waals surface area contributed by atoms with E-state index in [0.717, 1.165) is 0 Å². The molecule has 0 bridgehead atoms. The van der Waals surface area contributed by atoms with Crippen molar-refractivity contribution in [1.29, 1.82) is 0 Å². The van der Waals surface area contributed by atoms with Crippen molar-refractivity contribution in [3.05, 3.63) is 29.8 Å². The zero-order valence-corrected chi connectivity index (χ0v) is 12.4. The van der Waals surface area contributed by atoms with Crippen LogP contribution in [-0.2, 0) is 11.3 Å². The quantitative estimate of drug-likeness (QED) is 0.882. The molecule has 0 aliphatic rings. The highest BCUT2D eigenvalue weighted by atomic mass is 35.5. The molecule has 108 valence electrons. The normalized spacial score (nSPS) is 13.7. The van der Waals surface area contributed by atoms with Crippen LogP contribution in [0.3, 0.4) is 0 Å². The maximum atomic E-state index is 13.5. The number of carbonyl (C=O) groups excluding carboxylic acids is 1. The molecule has 0 fully saturated rings. The van der Waals surface area contributed by atoms with E-state index in [9.17, 15) is 9.18 Å². The highest BCUT2D eigenvalue weighted by molar-refractivity contribution is 6.20. The molecule has 1 atom stereocenters. The fraction of sp³-hybridized carbons (Fsp3) is 0.429. The summed E-state index contributed by atoms with van der Waals surface area (Å²) in [6, 6.07) is 4.34. The van der Waals surface area contributed by atoms with E-state index in [-0.39, 0.29) is 11.2 Å². The second-order valence-corrected chi connectivity index (χ2v) is 6.21. The van der Waals surface area contributed by atoms with Crippen LogP contribution in [-0.4, -0.2) is 15.5 Å². The van der Waals surface area contributed by atoms with Crippen LogP contribution in [0.25, 0.3) is 11.0 Å². The van der Waals surface area contributed by atoms with E-state index in [0.29, 0.717) is 23.4 Å². The standard InChI is InChI=1S/C14H17ClFN3O/c1-8(15)12-18-10-5-4-9(16)6-11(10)19(12)7-14(2,3)13(17)20/h4-6,8H,7H2,1-3H3,(H2,17,20). The van der Waals surface area contributed by atoms with Crippen LogP contribution in [0.5, 0.6) is 0 Å². The highest BCUT2D eigenvalue weighted by Gasteiger charge is 2.28. The summed E-state index contributed by atoms with van der Waals surface area (Å²) in [7, 11) is 0. The minimum atomic E-state index is -0.777. The van der Waals surface area contributed by atoms with Crippen LogP contribution in [0.2, 0.25) is 0 Å². The second kappa shape index (κ2) is 5.05. The molecule has 1 aromatic carbocycles. The number of hydrogen-bond donors (Lipinski definition) is 1. The van der Waals surface area contributed by atoms with Crippen LogP contribution in [0.15, 0.2) is 18.2 Å². The molecule has 1 unspecified atom stereocenters. The number of imidazole rings is 1. The predicted octanol–water partition coefficient (Wildman–Crippen LogP) is 2.99.